The maximum absolute atomic E-state index is 12.2. The molecule has 0 fully saturated rings. The predicted octanol–water partition coefficient (Wildman–Crippen LogP) is 2.38. The zero-order valence-corrected chi connectivity index (χ0v) is 18.8. The normalized spacial score (nSPS) is 13.0. The number of anilines is 1. The van der Waals surface area contributed by atoms with Crippen molar-refractivity contribution >= 4 is 31.6 Å². The van der Waals surface area contributed by atoms with E-state index in [1.54, 1.807) is 19.1 Å². The van der Waals surface area contributed by atoms with Gasteiger partial charge >= 0.3 is 0 Å². The minimum Gasteiger partial charge on any atom is -0.326 e. The number of nitrogens with one attached hydrogen (secondary N) is 3. The number of hydrogen-bond acceptors (Lipinski definition) is 5. The van der Waals surface area contributed by atoms with Crippen molar-refractivity contribution < 1.29 is 21.6 Å². The fraction of sp³-hybridized carbons (Fsp3) is 0.350. The van der Waals surface area contributed by atoms with Gasteiger partial charge in [0.1, 0.15) is 0 Å². The van der Waals surface area contributed by atoms with Gasteiger partial charge in [0.15, 0.2) is 0 Å². The van der Waals surface area contributed by atoms with E-state index in [9.17, 15) is 21.6 Å². The highest BCUT2D eigenvalue weighted by molar-refractivity contribution is 7.89. The third-order valence-electron chi connectivity index (χ3n) is 4.39. The highest BCUT2D eigenvalue weighted by Gasteiger charge is 2.17. The van der Waals surface area contributed by atoms with Crippen molar-refractivity contribution in [1.82, 2.24) is 9.44 Å². The first kappa shape index (κ1) is 24.0. The fourth-order valence-electron chi connectivity index (χ4n) is 2.46. The van der Waals surface area contributed by atoms with Crippen LogP contribution < -0.4 is 14.8 Å². The van der Waals surface area contributed by atoms with E-state index >= 15 is 0 Å². The van der Waals surface area contributed by atoms with Crippen LogP contribution in [0.25, 0.3) is 0 Å². The number of rotatable bonds is 10. The molecule has 0 saturated carbocycles. The van der Waals surface area contributed by atoms with Crippen LogP contribution in [0.15, 0.2) is 58.3 Å². The highest BCUT2D eigenvalue weighted by Crippen LogP contribution is 2.15. The minimum absolute atomic E-state index is 0.0622. The van der Waals surface area contributed by atoms with Crippen LogP contribution in [-0.4, -0.2) is 35.3 Å². The van der Waals surface area contributed by atoms with E-state index in [0.29, 0.717) is 12.1 Å². The molecule has 3 N–H and O–H groups in total. The maximum Gasteiger partial charge on any atom is 0.240 e. The van der Waals surface area contributed by atoms with Gasteiger partial charge in [-0.05, 0) is 56.7 Å². The molecule has 0 saturated heterocycles. The van der Waals surface area contributed by atoms with Crippen molar-refractivity contribution in [2.24, 2.45) is 0 Å². The van der Waals surface area contributed by atoms with Crippen LogP contribution in [0.2, 0.25) is 0 Å². The van der Waals surface area contributed by atoms with Crippen molar-refractivity contribution in [2.75, 3.05) is 11.9 Å². The Morgan fingerprint density at radius 2 is 1.43 bits per heavy atom. The summed E-state index contributed by atoms with van der Waals surface area (Å²) in [6.07, 6.45) is 0.599. The summed E-state index contributed by atoms with van der Waals surface area (Å²) < 4.78 is 53.8. The van der Waals surface area contributed by atoms with E-state index in [4.69, 9.17) is 0 Å². The van der Waals surface area contributed by atoms with Crippen LogP contribution in [0.4, 0.5) is 5.69 Å². The molecule has 2 aromatic carbocycles. The first-order valence-electron chi connectivity index (χ1n) is 9.52. The topological polar surface area (TPSA) is 121 Å². The van der Waals surface area contributed by atoms with Crippen LogP contribution >= 0.6 is 0 Å². The smallest absolute Gasteiger partial charge is 0.240 e. The van der Waals surface area contributed by atoms with E-state index in [0.717, 1.165) is 5.56 Å². The van der Waals surface area contributed by atoms with Crippen LogP contribution in [0.5, 0.6) is 0 Å². The number of amides is 1. The monoisotopic (exact) mass is 453 g/mol. The van der Waals surface area contributed by atoms with Crippen LogP contribution in [0.1, 0.15) is 32.3 Å². The van der Waals surface area contributed by atoms with Crippen molar-refractivity contribution in [3.8, 4) is 0 Å². The quantitative estimate of drug-likeness (QED) is 0.510. The van der Waals surface area contributed by atoms with E-state index in [1.807, 2.05) is 13.8 Å². The van der Waals surface area contributed by atoms with Gasteiger partial charge in [0.25, 0.3) is 0 Å². The maximum atomic E-state index is 12.2. The summed E-state index contributed by atoms with van der Waals surface area (Å²) in [4.78, 5) is 12.3. The minimum atomic E-state index is -3.68. The Labute approximate surface area is 178 Å². The van der Waals surface area contributed by atoms with Crippen molar-refractivity contribution in [1.29, 1.82) is 0 Å². The van der Waals surface area contributed by atoms with E-state index in [-0.39, 0.29) is 28.8 Å². The Balaban J connectivity index is 1.88. The van der Waals surface area contributed by atoms with Gasteiger partial charge in [-0.1, -0.05) is 24.6 Å². The SMILES string of the molecule is CCC(C)NS(=O)(=O)c1ccc(NC(=O)CCNS(=O)(=O)c2ccc(C)cc2)cc1. The van der Waals surface area contributed by atoms with Crippen molar-refractivity contribution in [3.63, 3.8) is 0 Å². The molecule has 1 atom stereocenters. The van der Waals surface area contributed by atoms with Gasteiger partial charge in [-0.3, -0.25) is 4.79 Å². The lowest BCUT2D eigenvalue weighted by molar-refractivity contribution is -0.116. The molecule has 164 valence electrons. The Morgan fingerprint density at radius 1 is 0.900 bits per heavy atom. The molecule has 0 spiro atoms. The number of carbonyl (C=O) groups is 1. The molecule has 0 radical (unpaired) electrons. The van der Waals surface area contributed by atoms with Crippen molar-refractivity contribution in [2.45, 2.75) is 49.4 Å². The first-order valence-corrected chi connectivity index (χ1v) is 12.5. The summed E-state index contributed by atoms with van der Waals surface area (Å²) in [5.74, 6) is -0.394. The second-order valence-electron chi connectivity index (χ2n) is 6.96. The summed E-state index contributed by atoms with van der Waals surface area (Å²) in [6, 6.07) is 12.0. The summed E-state index contributed by atoms with van der Waals surface area (Å²) in [5, 5.41) is 2.62. The van der Waals surface area contributed by atoms with Gasteiger partial charge in [0.05, 0.1) is 9.79 Å². The highest BCUT2D eigenvalue weighted by atomic mass is 32.2. The largest absolute Gasteiger partial charge is 0.326 e. The Kier molecular flexibility index (Phi) is 8.13. The van der Waals surface area contributed by atoms with Crippen LogP contribution in [0, 0.1) is 6.92 Å². The summed E-state index contributed by atoms with van der Waals surface area (Å²) in [6.45, 7) is 5.46. The first-order chi connectivity index (χ1) is 14.0. The molecule has 2 rings (SSSR count). The average molecular weight is 454 g/mol. The van der Waals surface area contributed by atoms with Gasteiger partial charge in [-0.25, -0.2) is 26.3 Å². The molecule has 0 aliphatic carbocycles. The molecule has 10 heteroatoms. The number of benzene rings is 2. The molecule has 1 unspecified atom stereocenters. The summed E-state index contributed by atoms with van der Waals surface area (Å²) in [7, 11) is -7.30. The summed E-state index contributed by atoms with van der Waals surface area (Å²) in [5.41, 5.74) is 1.37. The standard InChI is InChI=1S/C20H27N3O5S2/c1-4-16(3)23-30(27,28)19-11-7-17(8-12-19)22-20(24)13-14-21-29(25,26)18-9-5-15(2)6-10-18/h5-12,16,21,23H,4,13-14H2,1-3H3,(H,22,24). The molecule has 0 bridgehead atoms. The second kappa shape index (κ2) is 10.2. The molecular formula is C20H27N3O5S2. The Morgan fingerprint density at radius 3 is 2.00 bits per heavy atom. The average Bonchev–Trinajstić information content (AvgIpc) is 2.68. The van der Waals surface area contributed by atoms with Gasteiger partial charge in [-0.15, -0.1) is 0 Å². The number of hydrogen-bond donors (Lipinski definition) is 3. The van der Waals surface area contributed by atoms with E-state index in [2.05, 4.69) is 14.8 Å². The lowest BCUT2D eigenvalue weighted by Crippen LogP contribution is -2.32. The van der Waals surface area contributed by atoms with Gasteiger partial charge < -0.3 is 5.32 Å². The van der Waals surface area contributed by atoms with Crippen LogP contribution in [0.3, 0.4) is 0 Å². The number of aryl methyl sites for hydroxylation is 1. The van der Waals surface area contributed by atoms with Crippen molar-refractivity contribution in [3.05, 3.63) is 54.1 Å². The number of carbonyl (C=O) groups excluding carboxylic acids is 1. The second-order valence-corrected chi connectivity index (χ2v) is 10.4. The molecule has 0 aromatic heterocycles. The summed E-state index contributed by atoms with van der Waals surface area (Å²) >= 11 is 0. The molecule has 0 aliphatic heterocycles. The zero-order valence-electron chi connectivity index (χ0n) is 17.2. The molecule has 2 aromatic rings. The molecule has 1 amide bonds. The zero-order chi connectivity index (χ0) is 22.4. The van der Waals surface area contributed by atoms with Gasteiger partial charge in [0, 0.05) is 24.7 Å². The lowest BCUT2D eigenvalue weighted by atomic mass is 10.2. The van der Waals surface area contributed by atoms with Gasteiger partial charge in [-0.2, -0.15) is 0 Å². The molecule has 30 heavy (non-hydrogen) atoms. The Hall–Kier alpha value is -2.27. The molecule has 0 aliphatic rings. The predicted molar refractivity (Wildman–Crippen MR) is 116 cm³/mol. The third-order valence-corrected chi connectivity index (χ3v) is 7.47. The lowest BCUT2D eigenvalue weighted by Gasteiger charge is -2.12. The third kappa shape index (κ3) is 6.91. The van der Waals surface area contributed by atoms with Crippen LogP contribution in [-0.2, 0) is 24.8 Å². The van der Waals surface area contributed by atoms with E-state index < -0.39 is 26.0 Å². The molecule has 0 heterocycles. The number of sulfonamides is 2. The molecular weight excluding hydrogens is 426 g/mol. The van der Waals surface area contributed by atoms with E-state index in [1.165, 1.54) is 36.4 Å². The van der Waals surface area contributed by atoms with Gasteiger partial charge in [0.2, 0.25) is 26.0 Å². The fourth-order valence-corrected chi connectivity index (χ4v) is 4.82. The Bertz CT molecular complexity index is 1060. The molecule has 8 nitrogen and oxygen atoms in total.